The van der Waals surface area contributed by atoms with Gasteiger partial charge in [-0.05, 0) is 36.6 Å². The van der Waals surface area contributed by atoms with E-state index in [0.29, 0.717) is 25.4 Å². The number of amides is 2. The molecule has 0 radical (unpaired) electrons. The van der Waals surface area contributed by atoms with Crippen LogP contribution in [0.25, 0.3) is 11.0 Å². The van der Waals surface area contributed by atoms with Gasteiger partial charge in [0.15, 0.2) is 5.69 Å². The Morgan fingerprint density at radius 3 is 2.73 bits per heavy atom. The standard InChI is InChI=1S/C26H32N8O3/c1-7-22(35)33-14-17(13-18(33)15-37-6)34-25(28-2)23(24(27)36)19(30-34)10-8-16-9-11-21-20(12-16)29-26(31(3)4)32(21)5/h7,9,11-12,17-18,28H,1,13-15H2,2-6H3,(H2,27,36)/t17-,18+/m0/s1. The van der Waals surface area contributed by atoms with Crippen molar-refractivity contribution in [2.45, 2.75) is 18.5 Å². The zero-order valence-corrected chi connectivity index (χ0v) is 21.8. The smallest absolute Gasteiger partial charge is 0.255 e. The van der Waals surface area contributed by atoms with Crippen LogP contribution in [0.5, 0.6) is 0 Å². The summed E-state index contributed by atoms with van der Waals surface area (Å²) in [5.41, 5.74) is 8.76. The fraction of sp³-hybridized carbons (Fsp3) is 0.385. The third-order valence-corrected chi connectivity index (χ3v) is 6.53. The molecule has 1 fully saturated rings. The van der Waals surface area contributed by atoms with Gasteiger partial charge in [-0.15, -0.1) is 0 Å². The Bertz CT molecular complexity index is 1420. The third-order valence-electron chi connectivity index (χ3n) is 6.53. The molecule has 1 saturated heterocycles. The van der Waals surface area contributed by atoms with Crippen molar-refractivity contribution in [3.63, 3.8) is 0 Å². The van der Waals surface area contributed by atoms with Gasteiger partial charge in [0.05, 0.1) is 29.7 Å². The average Bonchev–Trinajstić information content (AvgIpc) is 3.55. The van der Waals surface area contributed by atoms with Crippen molar-refractivity contribution in [3.8, 4) is 11.8 Å². The molecule has 0 unspecified atom stereocenters. The summed E-state index contributed by atoms with van der Waals surface area (Å²) in [6.07, 6.45) is 1.89. The number of methoxy groups -OCH3 is 1. The Morgan fingerprint density at radius 1 is 1.35 bits per heavy atom. The highest BCUT2D eigenvalue weighted by atomic mass is 16.5. The van der Waals surface area contributed by atoms with E-state index in [1.54, 1.807) is 23.7 Å². The Hall–Kier alpha value is -4.30. The number of nitrogens with one attached hydrogen (secondary N) is 1. The number of ether oxygens (including phenoxy) is 1. The quantitative estimate of drug-likeness (QED) is 0.368. The van der Waals surface area contributed by atoms with Crippen molar-refractivity contribution >= 4 is 34.6 Å². The summed E-state index contributed by atoms with van der Waals surface area (Å²) in [7, 11) is 9.14. The summed E-state index contributed by atoms with van der Waals surface area (Å²) in [6, 6.07) is 5.43. The summed E-state index contributed by atoms with van der Waals surface area (Å²) < 4.78 is 9.03. The van der Waals surface area contributed by atoms with E-state index >= 15 is 0 Å². The monoisotopic (exact) mass is 504 g/mol. The van der Waals surface area contributed by atoms with Gasteiger partial charge < -0.3 is 30.2 Å². The Labute approximate surface area is 215 Å². The van der Waals surface area contributed by atoms with E-state index in [1.165, 1.54) is 6.08 Å². The molecule has 2 amide bonds. The Morgan fingerprint density at radius 2 is 2.11 bits per heavy atom. The van der Waals surface area contributed by atoms with E-state index in [4.69, 9.17) is 10.5 Å². The lowest BCUT2D eigenvalue weighted by atomic mass is 10.1. The average molecular weight is 505 g/mol. The maximum Gasteiger partial charge on any atom is 0.255 e. The van der Waals surface area contributed by atoms with Gasteiger partial charge >= 0.3 is 0 Å². The number of carbonyl (C=O) groups is 2. The van der Waals surface area contributed by atoms with Gasteiger partial charge in [0, 0.05) is 47.4 Å². The lowest BCUT2D eigenvalue weighted by Gasteiger charge is -2.22. The number of hydrogen-bond donors (Lipinski definition) is 2. The maximum absolute atomic E-state index is 12.5. The number of rotatable bonds is 7. The number of aryl methyl sites for hydroxylation is 1. The summed E-state index contributed by atoms with van der Waals surface area (Å²) >= 11 is 0. The Balaban J connectivity index is 1.72. The van der Waals surface area contributed by atoms with Crippen LogP contribution in [0.2, 0.25) is 0 Å². The van der Waals surface area contributed by atoms with E-state index in [9.17, 15) is 9.59 Å². The summed E-state index contributed by atoms with van der Waals surface area (Å²) in [5.74, 6) is 6.61. The zero-order valence-electron chi connectivity index (χ0n) is 21.8. The van der Waals surface area contributed by atoms with Crippen molar-refractivity contribution in [2.24, 2.45) is 12.8 Å². The van der Waals surface area contributed by atoms with E-state index in [-0.39, 0.29) is 29.2 Å². The largest absolute Gasteiger partial charge is 0.383 e. The van der Waals surface area contributed by atoms with Crippen LogP contribution >= 0.6 is 0 Å². The van der Waals surface area contributed by atoms with Crippen molar-refractivity contribution in [3.05, 3.63) is 47.7 Å². The first kappa shape index (κ1) is 25.8. The van der Waals surface area contributed by atoms with Crippen molar-refractivity contribution in [1.82, 2.24) is 24.2 Å². The molecule has 11 heteroatoms. The summed E-state index contributed by atoms with van der Waals surface area (Å²) in [6.45, 7) is 4.38. The highest BCUT2D eigenvalue weighted by molar-refractivity contribution is 6.00. The second-order valence-corrected chi connectivity index (χ2v) is 9.14. The number of fused-ring (bicyclic) bond motifs is 1. The molecule has 1 aliphatic heterocycles. The normalized spacial score (nSPS) is 16.9. The number of carbonyl (C=O) groups excluding carboxylic acids is 2. The van der Waals surface area contributed by atoms with Gasteiger partial charge in [0.25, 0.3) is 5.91 Å². The molecule has 0 bridgehead atoms. The van der Waals surface area contributed by atoms with Crippen LogP contribution in [-0.2, 0) is 16.6 Å². The molecule has 4 rings (SSSR count). The molecule has 0 saturated carbocycles. The fourth-order valence-corrected chi connectivity index (χ4v) is 4.86. The molecule has 1 aliphatic rings. The van der Waals surface area contributed by atoms with Crippen LogP contribution in [0.3, 0.4) is 0 Å². The van der Waals surface area contributed by atoms with E-state index in [0.717, 1.165) is 22.5 Å². The van der Waals surface area contributed by atoms with Crippen molar-refractivity contribution < 1.29 is 14.3 Å². The summed E-state index contributed by atoms with van der Waals surface area (Å²) in [4.78, 5) is 33.2. The van der Waals surface area contributed by atoms with E-state index < -0.39 is 5.91 Å². The third kappa shape index (κ3) is 4.75. The van der Waals surface area contributed by atoms with E-state index in [1.807, 2.05) is 48.8 Å². The first-order valence-electron chi connectivity index (χ1n) is 11.9. The van der Waals surface area contributed by atoms with Crippen LogP contribution in [0.1, 0.15) is 34.1 Å². The number of nitrogens with two attached hydrogens (primary N) is 1. The predicted octanol–water partition coefficient (Wildman–Crippen LogP) is 1.35. The molecule has 2 aromatic heterocycles. The van der Waals surface area contributed by atoms with Crippen LogP contribution in [0.15, 0.2) is 30.9 Å². The molecule has 0 spiro atoms. The number of aromatic nitrogens is 4. The Kier molecular flexibility index (Phi) is 7.22. The van der Waals surface area contributed by atoms with Crippen LogP contribution in [0.4, 0.5) is 11.8 Å². The molecule has 3 N–H and O–H groups in total. The number of imidazole rings is 1. The lowest BCUT2D eigenvalue weighted by Crippen LogP contribution is -2.37. The van der Waals surface area contributed by atoms with Gasteiger partial charge in [-0.2, -0.15) is 5.10 Å². The molecule has 3 heterocycles. The van der Waals surface area contributed by atoms with Gasteiger partial charge in [-0.1, -0.05) is 12.5 Å². The number of benzene rings is 1. The summed E-state index contributed by atoms with van der Waals surface area (Å²) in [5, 5.41) is 7.72. The highest BCUT2D eigenvalue weighted by Crippen LogP contribution is 2.32. The number of hydrogen-bond acceptors (Lipinski definition) is 7. The zero-order chi connectivity index (χ0) is 26.9. The second kappa shape index (κ2) is 10.4. The van der Waals surface area contributed by atoms with Crippen molar-refractivity contribution in [1.29, 1.82) is 0 Å². The first-order chi connectivity index (χ1) is 17.7. The molecule has 11 nitrogen and oxygen atoms in total. The van der Waals surface area contributed by atoms with Gasteiger partial charge in [0.1, 0.15) is 11.4 Å². The first-order valence-corrected chi connectivity index (χ1v) is 11.9. The predicted molar refractivity (Wildman–Crippen MR) is 143 cm³/mol. The lowest BCUT2D eigenvalue weighted by molar-refractivity contribution is -0.127. The van der Waals surface area contributed by atoms with Gasteiger partial charge in [-0.25, -0.2) is 9.67 Å². The topological polar surface area (TPSA) is 124 Å². The van der Waals surface area contributed by atoms with E-state index in [2.05, 4.69) is 33.8 Å². The minimum absolute atomic E-state index is 0.141. The SMILES string of the molecule is C=CC(=O)N1C[C@@H](n2nc(C#Cc3ccc4c(c3)nc(N(C)C)n4C)c(C(N)=O)c2NC)C[C@@H]1COC. The van der Waals surface area contributed by atoms with Crippen LogP contribution in [0, 0.1) is 11.8 Å². The maximum atomic E-state index is 12.5. The molecular weight excluding hydrogens is 472 g/mol. The minimum Gasteiger partial charge on any atom is -0.383 e. The molecule has 194 valence electrons. The van der Waals surface area contributed by atoms with Crippen LogP contribution < -0.4 is 16.0 Å². The number of primary amides is 1. The molecule has 3 aromatic rings. The number of nitrogens with zero attached hydrogens (tertiary/aromatic N) is 6. The van der Waals surface area contributed by atoms with Crippen molar-refractivity contribution in [2.75, 3.05) is 51.6 Å². The minimum atomic E-state index is -0.638. The van der Waals surface area contributed by atoms with Gasteiger partial charge in [-0.3, -0.25) is 9.59 Å². The number of anilines is 2. The van der Waals surface area contributed by atoms with Crippen LogP contribution in [-0.4, -0.2) is 83.5 Å². The second-order valence-electron chi connectivity index (χ2n) is 9.14. The highest BCUT2D eigenvalue weighted by Gasteiger charge is 2.37. The molecular formula is C26H32N8O3. The van der Waals surface area contributed by atoms with Gasteiger partial charge in [0.2, 0.25) is 11.9 Å². The molecule has 2 atom stereocenters. The number of likely N-dealkylation sites (tertiary alicyclic amines) is 1. The molecule has 0 aliphatic carbocycles. The fourth-order valence-electron chi connectivity index (χ4n) is 4.86. The molecule has 37 heavy (non-hydrogen) atoms. The molecule has 1 aromatic carbocycles.